The summed E-state index contributed by atoms with van der Waals surface area (Å²) in [4.78, 5) is 13.3. The third-order valence-electron chi connectivity index (χ3n) is 6.47. The lowest BCUT2D eigenvalue weighted by Gasteiger charge is -2.27. The van der Waals surface area contributed by atoms with E-state index in [0.717, 1.165) is 28.0 Å². The molecule has 0 spiro atoms. The summed E-state index contributed by atoms with van der Waals surface area (Å²) in [6.07, 6.45) is 4.75. The number of aliphatic hydroxyl groups is 1. The molecule has 4 rings (SSSR count). The zero-order chi connectivity index (χ0) is 25.7. The molecule has 3 aromatic carbocycles. The minimum absolute atomic E-state index is 0. The van der Waals surface area contributed by atoms with Gasteiger partial charge in [-0.25, -0.2) is 13.9 Å². The molecule has 0 saturated heterocycles. The first-order valence-corrected chi connectivity index (χ1v) is 12.9. The SMILES string of the molecule is Cc1cccc(C(O)(C(=O)OCCCn2cc[n+](Cc3ccc(Br)cc3)c2C)c2cccc(C)c2)c1.[Br-]. The Hall–Kier alpha value is -2.74. The quantitative estimate of drug-likeness (QED) is 0.176. The fraction of sp³-hybridized carbons (Fsp3) is 0.267. The molecular formula is C30H32Br2N2O3. The monoisotopic (exact) mass is 626 g/mol. The van der Waals surface area contributed by atoms with Gasteiger partial charge in [-0.1, -0.05) is 87.7 Å². The Morgan fingerprint density at radius 1 is 0.973 bits per heavy atom. The summed E-state index contributed by atoms with van der Waals surface area (Å²) in [6, 6.07) is 23.1. The van der Waals surface area contributed by atoms with E-state index in [2.05, 4.69) is 50.3 Å². The Balaban J connectivity index is 0.00000380. The van der Waals surface area contributed by atoms with Crippen molar-refractivity contribution in [2.45, 2.75) is 45.9 Å². The zero-order valence-corrected chi connectivity index (χ0v) is 24.5. The summed E-state index contributed by atoms with van der Waals surface area (Å²) in [5.41, 5.74) is 2.30. The fourth-order valence-corrected chi connectivity index (χ4v) is 4.64. The first kappa shape index (κ1) is 28.8. The lowest BCUT2D eigenvalue weighted by atomic mass is 9.85. The lowest BCUT2D eigenvalue weighted by molar-refractivity contribution is -0.694. The number of halogens is 2. The molecule has 7 heteroatoms. The number of carbonyl (C=O) groups excluding carboxylic acids is 1. The Labute approximate surface area is 237 Å². The fourth-order valence-electron chi connectivity index (χ4n) is 4.38. The van der Waals surface area contributed by atoms with Gasteiger partial charge < -0.3 is 26.8 Å². The van der Waals surface area contributed by atoms with Crippen LogP contribution in [-0.4, -0.2) is 22.2 Å². The van der Waals surface area contributed by atoms with Crippen LogP contribution in [0.25, 0.3) is 0 Å². The number of esters is 1. The number of carbonyl (C=O) groups is 1. The Morgan fingerprint density at radius 3 is 2.14 bits per heavy atom. The molecule has 4 aromatic rings. The number of hydrogen-bond donors (Lipinski definition) is 1. The summed E-state index contributed by atoms with van der Waals surface area (Å²) >= 11 is 3.48. The van der Waals surface area contributed by atoms with E-state index in [9.17, 15) is 9.90 Å². The van der Waals surface area contributed by atoms with E-state index in [1.165, 1.54) is 5.56 Å². The van der Waals surface area contributed by atoms with Crippen LogP contribution >= 0.6 is 15.9 Å². The number of aromatic nitrogens is 2. The molecule has 0 amide bonds. The van der Waals surface area contributed by atoms with Crippen molar-refractivity contribution in [3.63, 3.8) is 0 Å². The highest BCUT2D eigenvalue weighted by molar-refractivity contribution is 9.10. The van der Waals surface area contributed by atoms with E-state index in [1.54, 1.807) is 12.1 Å². The van der Waals surface area contributed by atoms with Gasteiger partial charge in [0.2, 0.25) is 5.60 Å². The summed E-state index contributed by atoms with van der Waals surface area (Å²) in [5.74, 6) is 0.466. The van der Waals surface area contributed by atoms with Crippen LogP contribution in [0.3, 0.4) is 0 Å². The maximum absolute atomic E-state index is 13.3. The van der Waals surface area contributed by atoms with Crippen LogP contribution in [0.4, 0.5) is 0 Å². The van der Waals surface area contributed by atoms with Gasteiger partial charge >= 0.3 is 5.97 Å². The third kappa shape index (κ3) is 6.78. The van der Waals surface area contributed by atoms with Crippen molar-refractivity contribution in [2.75, 3.05) is 6.61 Å². The first-order chi connectivity index (χ1) is 17.3. The second kappa shape index (κ2) is 12.7. The maximum atomic E-state index is 13.3. The highest BCUT2D eigenvalue weighted by atomic mass is 79.9. The van der Waals surface area contributed by atoms with Gasteiger partial charge in [-0.3, -0.25) is 0 Å². The molecule has 1 heterocycles. The lowest BCUT2D eigenvalue weighted by Crippen LogP contribution is -3.00. The van der Waals surface area contributed by atoms with Crippen molar-refractivity contribution >= 4 is 21.9 Å². The van der Waals surface area contributed by atoms with E-state index < -0.39 is 11.6 Å². The number of nitrogens with zero attached hydrogens (tertiary/aromatic N) is 2. The number of rotatable bonds is 9. The summed E-state index contributed by atoms with van der Waals surface area (Å²) in [5, 5.41) is 11.7. The van der Waals surface area contributed by atoms with Gasteiger partial charge in [0.1, 0.15) is 18.9 Å². The average Bonchev–Trinajstić information content (AvgIpc) is 3.21. The van der Waals surface area contributed by atoms with Crippen LogP contribution in [0.15, 0.2) is 89.7 Å². The molecule has 1 aromatic heterocycles. The zero-order valence-electron chi connectivity index (χ0n) is 21.3. The van der Waals surface area contributed by atoms with E-state index in [4.69, 9.17) is 4.74 Å². The van der Waals surface area contributed by atoms with E-state index in [1.807, 2.05) is 68.6 Å². The number of imidazole rings is 1. The van der Waals surface area contributed by atoms with Gasteiger partial charge in [0.25, 0.3) is 5.82 Å². The van der Waals surface area contributed by atoms with Crippen molar-refractivity contribution in [3.05, 3.63) is 123 Å². The summed E-state index contributed by atoms with van der Waals surface area (Å²) < 4.78 is 11.1. The van der Waals surface area contributed by atoms with E-state index in [0.29, 0.717) is 24.1 Å². The Bertz CT molecular complexity index is 1300. The number of aryl methyl sites for hydroxylation is 3. The first-order valence-electron chi connectivity index (χ1n) is 12.1. The highest BCUT2D eigenvalue weighted by Gasteiger charge is 2.41. The second-order valence-electron chi connectivity index (χ2n) is 9.23. The van der Waals surface area contributed by atoms with Gasteiger partial charge in [-0.15, -0.1) is 0 Å². The molecule has 0 aliphatic heterocycles. The molecule has 0 unspecified atom stereocenters. The minimum Gasteiger partial charge on any atom is -1.00 e. The van der Waals surface area contributed by atoms with Gasteiger partial charge in [-0.2, -0.15) is 0 Å². The van der Waals surface area contributed by atoms with Crippen LogP contribution in [-0.2, 0) is 28.2 Å². The molecule has 0 fully saturated rings. The van der Waals surface area contributed by atoms with Crippen LogP contribution < -0.4 is 21.5 Å². The van der Waals surface area contributed by atoms with Gasteiger partial charge in [-0.05, 0) is 42.7 Å². The summed E-state index contributed by atoms with van der Waals surface area (Å²) in [6.45, 7) is 7.67. The van der Waals surface area contributed by atoms with Gasteiger partial charge in [0.05, 0.1) is 13.2 Å². The third-order valence-corrected chi connectivity index (χ3v) is 7.00. The van der Waals surface area contributed by atoms with Crippen molar-refractivity contribution in [2.24, 2.45) is 0 Å². The summed E-state index contributed by atoms with van der Waals surface area (Å²) in [7, 11) is 0. The van der Waals surface area contributed by atoms with Crippen molar-refractivity contribution in [1.82, 2.24) is 4.57 Å². The molecule has 1 N–H and O–H groups in total. The molecule has 0 aliphatic carbocycles. The largest absolute Gasteiger partial charge is 1.00 e. The number of benzene rings is 3. The van der Waals surface area contributed by atoms with Crippen LogP contribution in [0.2, 0.25) is 0 Å². The molecular weight excluding hydrogens is 596 g/mol. The minimum atomic E-state index is -1.87. The van der Waals surface area contributed by atoms with E-state index >= 15 is 0 Å². The molecule has 0 atom stereocenters. The van der Waals surface area contributed by atoms with E-state index in [-0.39, 0.29) is 23.6 Å². The Kier molecular flexibility index (Phi) is 9.87. The average molecular weight is 628 g/mol. The van der Waals surface area contributed by atoms with Crippen LogP contribution in [0.5, 0.6) is 0 Å². The molecule has 194 valence electrons. The predicted molar refractivity (Wildman–Crippen MR) is 144 cm³/mol. The van der Waals surface area contributed by atoms with Crippen molar-refractivity contribution < 1.29 is 36.2 Å². The maximum Gasteiger partial charge on any atom is 0.347 e. The molecule has 0 aliphatic rings. The van der Waals surface area contributed by atoms with Gasteiger partial charge in [0, 0.05) is 17.8 Å². The number of ether oxygens (including phenoxy) is 1. The molecule has 0 bridgehead atoms. The molecule has 0 saturated carbocycles. The molecule has 5 nitrogen and oxygen atoms in total. The standard InChI is InChI=1S/C30H32BrN2O3.BrH/c1-22-7-4-9-26(19-22)30(35,27-10-5-8-23(2)20-27)29(34)36-18-6-15-32-16-17-33(24(32)3)21-25-11-13-28(31)14-12-25;/h4-5,7-14,16-17,19-20,35H,6,15,18,21H2,1-3H3;1H/q+1;/p-1. The smallest absolute Gasteiger partial charge is 0.347 e. The van der Waals surface area contributed by atoms with Gasteiger partial charge in [0.15, 0.2) is 0 Å². The Morgan fingerprint density at radius 2 is 1.57 bits per heavy atom. The van der Waals surface area contributed by atoms with Crippen LogP contribution in [0.1, 0.15) is 40.1 Å². The normalized spacial score (nSPS) is 11.2. The molecule has 0 radical (unpaired) electrons. The topological polar surface area (TPSA) is 55.3 Å². The predicted octanol–water partition coefficient (Wildman–Crippen LogP) is 2.39. The van der Waals surface area contributed by atoms with Crippen molar-refractivity contribution in [3.8, 4) is 0 Å². The molecule has 37 heavy (non-hydrogen) atoms. The number of hydrogen-bond acceptors (Lipinski definition) is 3. The van der Waals surface area contributed by atoms with Crippen LogP contribution in [0, 0.1) is 20.8 Å². The van der Waals surface area contributed by atoms with Crippen molar-refractivity contribution in [1.29, 1.82) is 0 Å². The highest BCUT2D eigenvalue weighted by Crippen LogP contribution is 2.32. The second-order valence-corrected chi connectivity index (χ2v) is 10.1.